The lowest BCUT2D eigenvalue weighted by Crippen LogP contribution is -2.38. The standard InChI is InChI=1S/C24H16Cl4N6O4/c25-12-8-11(9-13(26)10-12)16-4-6-18(37-16)21(35)31-23(29)33-34-24(30)32-22(36)19-7-5-17(38-19)14-2-1-3-15(27)20(14)28/h1-10H,(H3,29,31,33,35)(H3,30,32,34,36). The molecule has 2 aromatic carbocycles. The molecule has 0 aliphatic carbocycles. The first-order valence-corrected chi connectivity index (χ1v) is 12.0. The zero-order valence-corrected chi connectivity index (χ0v) is 22.0. The topological polar surface area (TPSA) is 161 Å². The Morgan fingerprint density at radius 3 is 1.82 bits per heavy atom. The van der Waals surface area contributed by atoms with Crippen molar-refractivity contribution < 1.29 is 18.4 Å². The molecule has 0 aliphatic rings. The summed E-state index contributed by atoms with van der Waals surface area (Å²) in [4.78, 5) is 24.8. The second kappa shape index (κ2) is 11.6. The van der Waals surface area contributed by atoms with E-state index in [4.69, 9.17) is 66.7 Å². The number of hydrogen-bond acceptors (Lipinski definition) is 6. The van der Waals surface area contributed by atoms with Gasteiger partial charge in [-0.3, -0.25) is 20.2 Å². The first kappa shape index (κ1) is 27.1. The van der Waals surface area contributed by atoms with Gasteiger partial charge in [0.1, 0.15) is 11.5 Å². The van der Waals surface area contributed by atoms with Crippen LogP contribution in [0.2, 0.25) is 20.1 Å². The third kappa shape index (κ3) is 6.48. The van der Waals surface area contributed by atoms with Gasteiger partial charge in [-0.05, 0) is 54.6 Å². The SMILES string of the molecule is NC(=NN=C(N)NC(=O)c1ccc(-c2cccc(Cl)c2Cl)o1)NC(=O)c1ccc(-c2cc(Cl)cc(Cl)c2)o1. The predicted molar refractivity (Wildman–Crippen MR) is 147 cm³/mol. The van der Waals surface area contributed by atoms with E-state index >= 15 is 0 Å². The van der Waals surface area contributed by atoms with Crippen molar-refractivity contribution in [3.8, 4) is 22.6 Å². The Labute approximate surface area is 235 Å². The number of benzene rings is 2. The van der Waals surface area contributed by atoms with Gasteiger partial charge in [0.05, 0.1) is 10.0 Å². The third-order valence-electron chi connectivity index (χ3n) is 4.77. The molecule has 10 nitrogen and oxygen atoms in total. The number of nitrogens with one attached hydrogen (secondary N) is 2. The summed E-state index contributed by atoms with van der Waals surface area (Å²) in [6.07, 6.45) is 0. The van der Waals surface area contributed by atoms with Gasteiger partial charge in [0.15, 0.2) is 11.5 Å². The number of carbonyl (C=O) groups excluding carboxylic acids is 2. The largest absolute Gasteiger partial charge is 0.451 e. The van der Waals surface area contributed by atoms with Crippen LogP contribution in [-0.2, 0) is 0 Å². The van der Waals surface area contributed by atoms with E-state index in [1.165, 1.54) is 12.1 Å². The highest BCUT2D eigenvalue weighted by Crippen LogP contribution is 2.34. The second-order valence-corrected chi connectivity index (χ2v) is 9.12. The van der Waals surface area contributed by atoms with Crippen molar-refractivity contribution in [1.29, 1.82) is 0 Å². The van der Waals surface area contributed by atoms with E-state index < -0.39 is 23.7 Å². The summed E-state index contributed by atoms with van der Waals surface area (Å²) in [5.74, 6) is -1.69. The minimum atomic E-state index is -0.710. The lowest BCUT2D eigenvalue weighted by molar-refractivity contribution is 0.0942. The summed E-state index contributed by atoms with van der Waals surface area (Å²) < 4.78 is 11.1. The zero-order valence-electron chi connectivity index (χ0n) is 19.0. The monoisotopic (exact) mass is 592 g/mol. The fourth-order valence-electron chi connectivity index (χ4n) is 3.12. The van der Waals surface area contributed by atoms with Gasteiger partial charge in [0, 0.05) is 21.2 Å². The van der Waals surface area contributed by atoms with Crippen molar-refractivity contribution in [3.63, 3.8) is 0 Å². The molecule has 0 fully saturated rings. The van der Waals surface area contributed by atoms with Crippen molar-refractivity contribution in [2.75, 3.05) is 0 Å². The van der Waals surface area contributed by atoms with E-state index in [0.29, 0.717) is 37.7 Å². The summed E-state index contributed by atoms with van der Waals surface area (Å²) in [6.45, 7) is 0. The molecule has 2 aromatic heterocycles. The van der Waals surface area contributed by atoms with Crippen LogP contribution in [0.1, 0.15) is 21.1 Å². The van der Waals surface area contributed by atoms with E-state index in [-0.39, 0.29) is 16.5 Å². The molecule has 0 bridgehead atoms. The van der Waals surface area contributed by atoms with E-state index in [1.54, 1.807) is 48.5 Å². The number of nitrogens with two attached hydrogens (primary N) is 2. The van der Waals surface area contributed by atoms with Crippen LogP contribution in [0.5, 0.6) is 0 Å². The number of furan rings is 2. The van der Waals surface area contributed by atoms with Crippen LogP contribution in [0.15, 0.2) is 79.7 Å². The fourth-order valence-corrected chi connectivity index (χ4v) is 4.04. The lowest BCUT2D eigenvalue weighted by atomic mass is 10.2. The van der Waals surface area contributed by atoms with Crippen LogP contribution < -0.4 is 22.1 Å². The van der Waals surface area contributed by atoms with Gasteiger partial charge < -0.3 is 20.3 Å². The molecule has 2 amide bonds. The van der Waals surface area contributed by atoms with Gasteiger partial charge in [-0.2, -0.15) is 0 Å². The zero-order chi connectivity index (χ0) is 27.4. The van der Waals surface area contributed by atoms with E-state index in [2.05, 4.69) is 20.8 Å². The van der Waals surface area contributed by atoms with Gasteiger partial charge in [0.25, 0.3) is 11.8 Å². The molecule has 14 heteroatoms. The van der Waals surface area contributed by atoms with Crippen molar-refractivity contribution in [3.05, 3.63) is 92.3 Å². The summed E-state index contributed by atoms with van der Waals surface area (Å²) in [7, 11) is 0. The first-order chi connectivity index (χ1) is 18.1. The number of nitrogens with zero attached hydrogens (tertiary/aromatic N) is 2. The molecule has 194 valence electrons. The Morgan fingerprint density at radius 1 is 0.711 bits per heavy atom. The van der Waals surface area contributed by atoms with Gasteiger partial charge >= 0.3 is 0 Å². The average Bonchev–Trinajstić information content (AvgIpc) is 3.54. The molecular weight excluding hydrogens is 578 g/mol. The van der Waals surface area contributed by atoms with Crippen molar-refractivity contribution in [2.24, 2.45) is 21.7 Å². The van der Waals surface area contributed by atoms with E-state index in [9.17, 15) is 9.59 Å². The Hall–Kier alpha value is -3.96. The Balaban J connectivity index is 1.37. The molecule has 0 atom stereocenters. The second-order valence-electron chi connectivity index (χ2n) is 7.47. The van der Waals surface area contributed by atoms with Crippen LogP contribution in [0, 0.1) is 0 Å². The highest BCUT2D eigenvalue weighted by Gasteiger charge is 2.17. The average molecular weight is 594 g/mol. The molecule has 0 unspecified atom stereocenters. The van der Waals surface area contributed by atoms with Crippen LogP contribution in [0.3, 0.4) is 0 Å². The molecule has 0 spiro atoms. The maximum atomic E-state index is 12.4. The van der Waals surface area contributed by atoms with Crippen molar-refractivity contribution >= 4 is 70.1 Å². The molecule has 0 saturated carbocycles. The summed E-state index contributed by atoms with van der Waals surface area (Å²) in [6, 6.07) is 15.8. The maximum Gasteiger partial charge on any atom is 0.293 e. The van der Waals surface area contributed by atoms with Crippen LogP contribution in [0.4, 0.5) is 0 Å². The molecule has 4 rings (SSSR count). The normalized spacial score (nSPS) is 11.9. The van der Waals surface area contributed by atoms with Crippen LogP contribution in [0.25, 0.3) is 22.6 Å². The van der Waals surface area contributed by atoms with Crippen molar-refractivity contribution in [2.45, 2.75) is 0 Å². The lowest BCUT2D eigenvalue weighted by Gasteiger charge is -2.03. The summed E-state index contributed by atoms with van der Waals surface area (Å²) in [5, 5.41) is 13.1. The molecule has 0 radical (unpaired) electrons. The number of carbonyl (C=O) groups is 2. The molecule has 2 heterocycles. The highest BCUT2D eigenvalue weighted by atomic mass is 35.5. The minimum Gasteiger partial charge on any atom is -0.451 e. The molecule has 38 heavy (non-hydrogen) atoms. The molecular formula is C24H16Cl4N6O4. The Kier molecular flexibility index (Phi) is 8.28. The van der Waals surface area contributed by atoms with Crippen LogP contribution in [-0.4, -0.2) is 23.7 Å². The highest BCUT2D eigenvalue weighted by molar-refractivity contribution is 6.43. The Bertz CT molecular complexity index is 1570. The summed E-state index contributed by atoms with van der Waals surface area (Å²) >= 11 is 24.2. The van der Waals surface area contributed by atoms with E-state index in [1.807, 2.05) is 0 Å². The molecule has 0 aliphatic heterocycles. The number of guanidine groups is 2. The smallest absolute Gasteiger partial charge is 0.293 e. The number of hydrogen-bond donors (Lipinski definition) is 4. The number of amides is 2. The van der Waals surface area contributed by atoms with Crippen molar-refractivity contribution in [1.82, 2.24) is 10.6 Å². The van der Waals surface area contributed by atoms with E-state index in [0.717, 1.165) is 0 Å². The molecule has 0 saturated heterocycles. The fraction of sp³-hybridized carbons (Fsp3) is 0. The third-order valence-corrected chi connectivity index (χ3v) is 6.03. The number of halogens is 4. The van der Waals surface area contributed by atoms with Gasteiger partial charge in [-0.25, -0.2) is 0 Å². The maximum absolute atomic E-state index is 12.4. The predicted octanol–water partition coefficient (Wildman–Crippen LogP) is 5.52. The summed E-state index contributed by atoms with van der Waals surface area (Å²) in [5.41, 5.74) is 12.4. The van der Waals surface area contributed by atoms with Gasteiger partial charge in [0.2, 0.25) is 11.9 Å². The molecule has 4 aromatic rings. The Morgan fingerprint density at radius 2 is 1.24 bits per heavy atom. The van der Waals surface area contributed by atoms with Gasteiger partial charge in [-0.15, -0.1) is 10.2 Å². The van der Waals surface area contributed by atoms with Crippen LogP contribution >= 0.6 is 46.4 Å². The van der Waals surface area contributed by atoms with Gasteiger partial charge in [-0.1, -0.05) is 52.5 Å². The quantitative estimate of drug-likeness (QED) is 0.135. The molecule has 6 N–H and O–H groups in total. The first-order valence-electron chi connectivity index (χ1n) is 10.5. The number of rotatable bonds is 5. The minimum absolute atomic E-state index is 0.0621.